The predicted molar refractivity (Wildman–Crippen MR) is 52.6 cm³/mol. The molecule has 1 aliphatic rings. The standard InChI is InChI=1S/C11H15N/c1-2-9-5-3-6-10-7-4-8-12-11(9)10/h3,5-6,12H,2,4,7-8H2,1H3. The second-order valence-electron chi connectivity index (χ2n) is 3.34. The van der Waals surface area contributed by atoms with Crippen LogP contribution in [0.5, 0.6) is 0 Å². The van der Waals surface area contributed by atoms with Gasteiger partial charge in [-0.2, -0.15) is 0 Å². The van der Waals surface area contributed by atoms with E-state index in [9.17, 15) is 0 Å². The number of para-hydroxylation sites is 1. The van der Waals surface area contributed by atoms with E-state index in [-0.39, 0.29) is 0 Å². The van der Waals surface area contributed by atoms with Crippen LogP contribution in [0.2, 0.25) is 0 Å². The van der Waals surface area contributed by atoms with Gasteiger partial charge in [0.1, 0.15) is 0 Å². The summed E-state index contributed by atoms with van der Waals surface area (Å²) in [6, 6.07) is 6.63. The van der Waals surface area contributed by atoms with Crippen LogP contribution in [-0.2, 0) is 12.8 Å². The Labute approximate surface area is 73.8 Å². The Morgan fingerprint density at radius 3 is 3.17 bits per heavy atom. The lowest BCUT2D eigenvalue weighted by Crippen LogP contribution is -2.13. The number of fused-ring (bicyclic) bond motifs is 1. The van der Waals surface area contributed by atoms with Gasteiger partial charge in [-0.15, -0.1) is 0 Å². The zero-order chi connectivity index (χ0) is 8.39. The van der Waals surface area contributed by atoms with Crippen molar-refractivity contribution in [2.45, 2.75) is 26.2 Å². The number of rotatable bonds is 1. The first-order chi connectivity index (χ1) is 5.92. The molecule has 64 valence electrons. The van der Waals surface area contributed by atoms with Crippen LogP contribution in [0.15, 0.2) is 18.2 Å². The second-order valence-corrected chi connectivity index (χ2v) is 3.34. The van der Waals surface area contributed by atoms with Crippen molar-refractivity contribution >= 4 is 5.69 Å². The van der Waals surface area contributed by atoms with Crippen LogP contribution in [0.1, 0.15) is 24.5 Å². The van der Waals surface area contributed by atoms with Crippen LogP contribution < -0.4 is 5.32 Å². The largest absolute Gasteiger partial charge is 0.385 e. The van der Waals surface area contributed by atoms with Crippen LogP contribution in [-0.4, -0.2) is 6.54 Å². The molecule has 0 spiro atoms. The summed E-state index contributed by atoms with van der Waals surface area (Å²) in [4.78, 5) is 0. The minimum absolute atomic E-state index is 1.14. The lowest BCUT2D eigenvalue weighted by molar-refractivity contribution is 0.824. The summed E-state index contributed by atoms with van der Waals surface area (Å²) in [6.07, 6.45) is 3.66. The molecule has 0 aliphatic carbocycles. The van der Waals surface area contributed by atoms with Crippen LogP contribution in [0, 0.1) is 0 Å². The Kier molecular flexibility index (Phi) is 2.03. The van der Waals surface area contributed by atoms with Crippen molar-refractivity contribution < 1.29 is 0 Å². The van der Waals surface area contributed by atoms with Crippen LogP contribution in [0.4, 0.5) is 5.69 Å². The van der Waals surface area contributed by atoms with E-state index < -0.39 is 0 Å². The monoisotopic (exact) mass is 161 g/mol. The van der Waals surface area contributed by atoms with E-state index in [1.54, 1.807) is 0 Å². The number of aryl methyl sites for hydroxylation is 2. The normalized spacial score (nSPS) is 15.1. The Morgan fingerprint density at radius 2 is 2.33 bits per heavy atom. The SMILES string of the molecule is CCc1cccc2c1NCCC2. The lowest BCUT2D eigenvalue weighted by atomic mass is 9.98. The molecule has 0 amide bonds. The van der Waals surface area contributed by atoms with E-state index in [0.717, 1.165) is 13.0 Å². The molecule has 0 aromatic heterocycles. The molecule has 1 aromatic rings. The van der Waals surface area contributed by atoms with Crippen LogP contribution in [0.25, 0.3) is 0 Å². The highest BCUT2D eigenvalue weighted by Gasteiger charge is 2.10. The third-order valence-corrected chi connectivity index (χ3v) is 2.54. The number of benzene rings is 1. The van der Waals surface area contributed by atoms with E-state index in [1.807, 2.05) is 0 Å². The highest BCUT2D eigenvalue weighted by Crippen LogP contribution is 2.25. The number of hydrogen-bond acceptors (Lipinski definition) is 1. The molecular formula is C11H15N. The summed E-state index contributed by atoms with van der Waals surface area (Å²) >= 11 is 0. The van der Waals surface area contributed by atoms with Gasteiger partial charge in [-0.25, -0.2) is 0 Å². The van der Waals surface area contributed by atoms with Gasteiger partial charge in [0.05, 0.1) is 0 Å². The predicted octanol–water partition coefficient (Wildman–Crippen LogP) is 2.61. The van der Waals surface area contributed by atoms with Crippen molar-refractivity contribution in [3.8, 4) is 0 Å². The molecule has 0 saturated carbocycles. The van der Waals surface area contributed by atoms with Crippen LogP contribution in [0.3, 0.4) is 0 Å². The maximum absolute atomic E-state index is 3.48. The first-order valence-corrected chi connectivity index (χ1v) is 4.76. The van der Waals surface area contributed by atoms with Crippen molar-refractivity contribution in [1.29, 1.82) is 0 Å². The van der Waals surface area contributed by atoms with E-state index in [0.29, 0.717) is 0 Å². The number of hydrogen-bond donors (Lipinski definition) is 1. The third-order valence-electron chi connectivity index (χ3n) is 2.54. The lowest BCUT2D eigenvalue weighted by Gasteiger charge is -2.20. The average Bonchev–Trinajstić information content (AvgIpc) is 2.17. The Balaban J connectivity index is 2.44. The quantitative estimate of drug-likeness (QED) is 0.667. The second kappa shape index (κ2) is 3.18. The smallest absolute Gasteiger partial charge is 0.0405 e. The molecular weight excluding hydrogens is 146 g/mol. The molecule has 1 aromatic carbocycles. The Morgan fingerprint density at radius 1 is 1.42 bits per heavy atom. The summed E-state index contributed by atoms with van der Waals surface area (Å²) in [5.41, 5.74) is 4.37. The van der Waals surface area contributed by atoms with Crippen molar-refractivity contribution in [3.05, 3.63) is 29.3 Å². The summed E-state index contributed by atoms with van der Waals surface area (Å²) in [5.74, 6) is 0. The summed E-state index contributed by atoms with van der Waals surface area (Å²) in [5, 5.41) is 3.48. The van der Waals surface area contributed by atoms with Gasteiger partial charge in [-0.3, -0.25) is 0 Å². The van der Waals surface area contributed by atoms with Crippen molar-refractivity contribution in [2.75, 3.05) is 11.9 Å². The molecule has 0 unspecified atom stereocenters. The highest BCUT2D eigenvalue weighted by molar-refractivity contribution is 5.59. The van der Waals surface area contributed by atoms with Gasteiger partial charge < -0.3 is 5.32 Å². The number of anilines is 1. The average molecular weight is 161 g/mol. The Hall–Kier alpha value is -0.980. The molecule has 0 saturated heterocycles. The molecule has 1 heterocycles. The fourth-order valence-electron chi connectivity index (χ4n) is 1.88. The van der Waals surface area contributed by atoms with E-state index >= 15 is 0 Å². The number of nitrogens with one attached hydrogen (secondary N) is 1. The molecule has 1 aliphatic heterocycles. The zero-order valence-electron chi connectivity index (χ0n) is 7.56. The van der Waals surface area contributed by atoms with Gasteiger partial charge in [0.15, 0.2) is 0 Å². The molecule has 0 fully saturated rings. The maximum Gasteiger partial charge on any atom is 0.0405 e. The minimum Gasteiger partial charge on any atom is -0.385 e. The van der Waals surface area contributed by atoms with Crippen molar-refractivity contribution in [1.82, 2.24) is 0 Å². The van der Waals surface area contributed by atoms with Gasteiger partial charge in [0, 0.05) is 12.2 Å². The van der Waals surface area contributed by atoms with E-state index in [4.69, 9.17) is 0 Å². The molecule has 0 bridgehead atoms. The van der Waals surface area contributed by atoms with Gasteiger partial charge in [0.25, 0.3) is 0 Å². The first kappa shape index (κ1) is 7.66. The van der Waals surface area contributed by atoms with Gasteiger partial charge >= 0.3 is 0 Å². The molecule has 12 heavy (non-hydrogen) atoms. The summed E-state index contributed by atoms with van der Waals surface area (Å²) in [6.45, 7) is 3.36. The van der Waals surface area contributed by atoms with E-state index in [1.165, 1.54) is 29.7 Å². The maximum atomic E-state index is 3.48. The summed E-state index contributed by atoms with van der Waals surface area (Å²) < 4.78 is 0. The molecule has 1 N–H and O–H groups in total. The zero-order valence-corrected chi connectivity index (χ0v) is 7.56. The van der Waals surface area contributed by atoms with Gasteiger partial charge in [-0.05, 0) is 30.4 Å². The fraction of sp³-hybridized carbons (Fsp3) is 0.455. The molecule has 0 atom stereocenters. The molecule has 1 heteroatoms. The highest BCUT2D eigenvalue weighted by atomic mass is 14.9. The van der Waals surface area contributed by atoms with Crippen molar-refractivity contribution in [3.63, 3.8) is 0 Å². The third kappa shape index (κ3) is 1.20. The summed E-state index contributed by atoms with van der Waals surface area (Å²) in [7, 11) is 0. The first-order valence-electron chi connectivity index (χ1n) is 4.76. The van der Waals surface area contributed by atoms with E-state index in [2.05, 4.69) is 30.4 Å². The minimum atomic E-state index is 1.14. The fourth-order valence-corrected chi connectivity index (χ4v) is 1.88. The molecule has 2 rings (SSSR count). The van der Waals surface area contributed by atoms with Crippen LogP contribution >= 0.6 is 0 Å². The topological polar surface area (TPSA) is 12.0 Å². The van der Waals surface area contributed by atoms with Gasteiger partial charge in [-0.1, -0.05) is 25.1 Å². The Bertz CT molecular complexity index is 264. The van der Waals surface area contributed by atoms with Crippen molar-refractivity contribution in [2.24, 2.45) is 0 Å². The molecule has 1 nitrogen and oxygen atoms in total. The van der Waals surface area contributed by atoms with Gasteiger partial charge in [0.2, 0.25) is 0 Å². The molecule has 0 radical (unpaired) electrons.